The van der Waals surface area contributed by atoms with E-state index in [1.165, 1.54) is 6.07 Å². The van der Waals surface area contributed by atoms with Gasteiger partial charge in [-0.3, -0.25) is 14.0 Å². The van der Waals surface area contributed by atoms with Gasteiger partial charge in [0, 0.05) is 81.6 Å². The van der Waals surface area contributed by atoms with Gasteiger partial charge in [0.05, 0.1) is 11.8 Å². The Bertz CT molecular complexity index is 2190. The van der Waals surface area contributed by atoms with Crippen LogP contribution in [0.25, 0.3) is 16.8 Å². The third kappa shape index (κ3) is 7.15. The fourth-order valence-corrected chi connectivity index (χ4v) is 8.03. The lowest BCUT2D eigenvalue weighted by Gasteiger charge is -2.37. The van der Waals surface area contributed by atoms with Gasteiger partial charge in [0.25, 0.3) is 11.8 Å². The van der Waals surface area contributed by atoms with Crippen LogP contribution in [0.5, 0.6) is 17.2 Å². The highest BCUT2D eigenvalue weighted by Gasteiger charge is 2.30. The molecular formula is C41H46N8O5. The average Bonchev–Trinajstić information content (AvgIpc) is 3.80. The van der Waals surface area contributed by atoms with Gasteiger partial charge in [-0.2, -0.15) is 0 Å². The number of nitrogens with zero attached hydrogens (tertiary/aromatic N) is 7. The SMILES string of the molecule is CC(C)c1cc(C(=O)N2Cc3ccc(OC4CCN(CC5CCN(C(=O)c6cnc7ccc(-c8cnc(N)nc8)cn67)CC5)CC4)cc3C2)c(O)cc1O. The summed E-state index contributed by atoms with van der Waals surface area (Å²) in [5.74, 6) is 1.10. The Hall–Kier alpha value is -5.69. The Balaban J connectivity index is 0.805. The first-order valence-corrected chi connectivity index (χ1v) is 18.8. The number of pyridine rings is 1. The molecule has 54 heavy (non-hydrogen) atoms. The smallest absolute Gasteiger partial charge is 0.272 e. The quantitative estimate of drug-likeness (QED) is 0.187. The average molecular weight is 731 g/mol. The molecule has 13 nitrogen and oxygen atoms in total. The molecule has 0 saturated carbocycles. The van der Waals surface area contributed by atoms with E-state index in [-0.39, 0.29) is 46.8 Å². The molecule has 4 N–H and O–H groups in total. The molecule has 3 aliphatic heterocycles. The number of imidazole rings is 1. The molecule has 3 aliphatic rings. The fourth-order valence-electron chi connectivity index (χ4n) is 8.03. The van der Waals surface area contributed by atoms with Crippen molar-refractivity contribution in [2.75, 3.05) is 38.5 Å². The Kier molecular flexibility index (Phi) is 9.57. The van der Waals surface area contributed by atoms with Crippen LogP contribution < -0.4 is 10.5 Å². The van der Waals surface area contributed by atoms with Crippen LogP contribution in [-0.4, -0.2) is 94.9 Å². The molecule has 3 aromatic heterocycles. The molecule has 0 radical (unpaired) electrons. The van der Waals surface area contributed by atoms with Crippen molar-refractivity contribution in [3.8, 4) is 28.4 Å². The zero-order valence-corrected chi connectivity index (χ0v) is 30.7. The molecule has 2 saturated heterocycles. The van der Waals surface area contributed by atoms with Crippen molar-refractivity contribution in [1.29, 1.82) is 0 Å². The highest BCUT2D eigenvalue weighted by atomic mass is 16.5. The number of carbonyl (C=O) groups excluding carboxylic acids is 2. The number of nitrogen functional groups attached to an aromatic ring is 1. The van der Waals surface area contributed by atoms with Gasteiger partial charge in [-0.15, -0.1) is 0 Å². The number of fused-ring (bicyclic) bond motifs is 2. The summed E-state index contributed by atoms with van der Waals surface area (Å²) in [5.41, 5.74) is 11.6. The third-order valence-electron chi connectivity index (χ3n) is 11.2. The van der Waals surface area contributed by atoms with Crippen molar-refractivity contribution in [2.45, 2.75) is 64.6 Å². The first-order chi connectivity index (χ1) is 26.1. The number of aromatic hydroxyl groups is 2. The Morgan fingerprint density at radius 1 is 0.815 bits per heavy atom. The fraction of sp³-hybridized carbons (Fsp3) is 0.390. The first kappa shape index (κ1) is 35.3. The van der Waals surface area contributed by atoms with Gasteiger partial charge >= 0.3 is 0 Å². The molecule has 0 atom stereocenters. The summed E-state index contributed by atoms with van der Waals surface area (Å²) in [6.07, 6.45) is 10.8. The number of likely N-dealkylation sites (tertiary alicyclic amines) is 2. The lowest BCUT2D eigenvalue weighted by molar-refractivity contribution is 0.0601. The third-order valence-corrected chi connectivity index (χ3v) is 11.2. The molecule has 5 aromatic rings. The monoisotopic (exact) mass is 730 g/mol. The number of hydrogen-bond donors (Lipinski definition) is 3. The molecule has 0 spiro atoms. The molecule has 8 rings (SSSR count). The number of phenols is 2. The van der Waals surface area contributed by atoms with E-state index in [2.05, 4.69) is 19.9 Å². The lowest BCUT2D eigenvalue weighted by atomic mass is 9.95. The normalized spacial score (nSPS) is 17.0. The molecule has 6 heterocycles. The van der Waals surface area contributed by atoms with Gasteiger partial charge in [-0.05, 0) is 84.5 Å². The summed E-state index contributed by atoms with van der Waals surface area (Å²) >= 11 is 0. The number of amides is 2. The van der Waals surface area contributed by atoms with Gasteiger partial charge in [-0.1, -0.05) is 19.9 Å². The minimum absolute atomic E-state index is 0.00550. The van der Waals surface area contributed by atoms with Crippen molar-refractivity contribution < 1.29 is 24.5 Å². The van der Waals surface area contributed by atoms with E-state index in [1.807, 2.05) is 59.7 Å². The number of rotatable bonds is 8. The number of carbonyl (C=O) groups is 2. The van der Waals surface area contributed by atoms with Crippen molar-refractivity contribution >= 4 is 23.4 Å². The van der Waals surface area contributed by atoms with Gasteiger partial charge in [0.15, 0.2) is 0 Å². The Labute approximate surface area is 314 Å². The predicted molar refractivity (Wildman–Crippen MR) is 203 cm³/mol. The first-order valence-electron chi connectivity index (χ1n) is 18.8. The summed E-state index contributed by atoms with van der Waals surface area (Å²) in [4.78, 5) is 45.9. The van der Waals surface area contributed by atoms with Crippen LogP contribution in [-0.2, 0) is 13.1 Å². The largest absolute Gasteiger partial charge is 0.508 e. The zero-order chi connectivity index (χ0) is 37.5. The molecule has 280 valence electrons. The van der Waals surface area contributed by atoms with Crippen LogP contribution in [0.2, 0.25) is 0 Å². The van der Waals surface area contributed by atoms with Gasteiger partial charge in [0.1, 0.15) is 34.7 Å². The molecule has 2 fully saturated rings. The minimum Gasteiger partial charge on any atom is -0.508 e. The minimum atomic E-state index is -0.259. The van der Waals surface area contributed by atoms with Gasteiger partial charge in [-0.25, -0.2) is 15.0 Å². The lowest BCUT2D eigenvalue weighted by Crippen LogP contribution is -2.44. The predicted octanol–water partition coefficient (Wildman–Crippen LogP) is 5.46. The number of phenolic OH excluding ortho intramolecular Hbond substituents is 2. The second-order valence-corrected chi connectivity index (χ2v) is 15.1. The second-order valence-electron chi connectivity index (χ2n) is 15.1. The molecule has 0 aliphatic carbocycles. The van der Waals surface area contributed by atoms with Crippen molar-refractivity contribution in [3.63, 3.8) is 0 Å². The number of anilines is 1. The summed E-state index contributed by atoms with van der Waals surface area (Å²) in [6.45, 7) is 9.17. The van der Waals surface area contributed by atoms with E-state index in [0.29, 0.717) is 35.9 Å². The number of aromatic nitrogens is 4. The maximum atomic E-state index is 13.6. The van der Waals surface area contributed by atoms with E-state index >= 15 is 0 Å². The van der Waals surface area contributed by atoms with Crippen LogP contribution in [0.15, 0.2) is 67.3 Å². The number of benzene rings is 2. The maximum absolute atomic E-state index is 13.6. The van der Waals surface area contributed by atoms with Crippen molar-refractivity contribution in [1.82, 2.24) is 34.1 Å². The highest BCUT2D eigenvalue weighted by Crippen LogP contribution is 2.35. The number of piperidine rings is 2. The summed E-state index contributed by atoms with van der Waals surface area (Å²) < 4.78 is 8.30. The van der Waals surface area contributed by atoms with E-state index in [4.69, 9.17) is 10.5 Å². The second kappa shape index (κ2) is 14.6. The van der Waals surface area contributed by atoms with E-state index in [1.54, 1.807) is 29.6 Å². The van der Waals surface area contributed by atoms with Crippen LogP contribution in [0, 0.1) is 5.92 Å². The van der Waals surface area contributed by atoms with E-state index in [9.17, 15) is 19.8 Å². The molecular weight excluding hydrogens is 685 g/mol. The Morgan fingerprint density at radius 3 is 2.30 bits per heavy atom. The zero-order valence-electron chi connectivity index (χ0n) is 30.7. The summed E-state index contributed by atoms with van der Waals surface area (Å²) in [6, 6.07) is 12.8. The molecule has 2 aromatic carbocycles. The molecule has 13 heteroatoms. The highest BCUT2D eigenvalue weighted by molar-refractivity contribution is 5.97. The summed E-state index contributed by atoms with van der Waals surface area (Å²) in [7, 11) is 0. The Morgan fingerprint density at radius 2 is 1.56 bits per heavy atom. The van der Waals surface area contributed by atoms with E-state index < -0.39 is 0 Å². The topological polar surface area (TPSA) is 163 Å². The summed E-state index contributed by atoms with van der Waals surface area (Å²) in [5, 5.41) is 20.7. The van der Waals surface area contributed by atoms with Crippen molar-refractivity contribution in [3.05, 3.63) is 95.2 Å². The van der Waals surface area contributed by atoms with Crippen LogP contribution in [0.3, 0.4) is 0 Å². The molecule has 0 bridgehead atoms. The maximum Gasteiger partial charge on any atom is 0.272 e. The van der Waals surface area contributed by atoms with Crippen LogP contribution in [0.1, 0.15) is 83.0 Å². The van der Waals surface area contributed by atoms with Crippen LogP contribution >= 0.6 is 0 Å². The van der Waals surface area contributed by atoms with E-state index in [0.717, 1.165) is 86.4 Å². The van der Waals surface area contributed by atoms with Crippen molar-refractivity contribution in [2.24, 2.45) is 5.92 Å². The number of nitrogens with two attached hydrogens (primary N) is 1. The standard InChI is InChI=1S/C41H46N8O5/c1-25(2)33-16-34(37(51)17-36(33)50)39(52)48-22-27-3-5-32(15-29(27)23-48)54-31-9-11-46(12-10-31)21-26-7-13-47(14-8-26)40(53)35-20-43-38-6-4-28(24-49(35)38)30-18-44-41(42)45-19-30/h3-6,15-20,24-26,31,50-51H,7-14,21-23H2,1-2H3,(H2,42,44,45). The number of ether oxygens (including phenoxy) is 1. The van der Waals surface area contributed by atoms with Gasteiger partial charge in [0.2, 0.25) is 5.95 Å². The molecule has 0 unspecified atom stereocenters. The molecule has 2 amide bonds. The van der Waals surface area contributed by atoms with Gasteiger partial charge < -0.3 is 35.4 Å². The van der Waals surface area contributed by atoms with Crippen LogP contribution in [0.4, 0.5) is 5.95 Å². The number of hydrogen-bond acceptors (Lipinski definition) is 10.